The van der Waals surface area contributed by atoms with Gasteiger partial charge in [0.05, 0.1) is 11.7 Å². The topological polar surface area (TPSA) is 63.2 Å². The fourth-order valence-corrected chi connectivity index (χ4v) is 2.73. The van der Waals surface area contributed by atoms with Crippen molar-refractivity contribution in [3.8, 4) is 0 Å². The van der Waals surface area contributed by atoms with Gasteiger partial charge in [0, 0.05) is 24.6 Å². The van der Waals surface area contributed by atoms with Crippen LogP contribution in [0.5, 0.6) is 0 Å². The number of para-hydroxylation sites is 1. The average Bonchev–Trinajstić information content (AvgIpc) is 3.12. The number of pyridine rings is 1. The number of carbonyl (C=O) groups excluding carboxylic acids is 1. The lowest BCUT2D eigenvalue weighted by molar-refractivity contribution is -0.0124. The van der Waals surface area contributed by atoms with Crippen LogP contribution in [0.4, 0.5) is 5.69 Å². The van der Waals surface area contributed by atoms with Crippen molar-refractivity contribution in [1.29, 1.82) is 0 Å². The third-order valence-electron chi connectivity index (χ3n) is 4.02. The Morgan fingerprint density at radius 3 is 2.65 bits per heavy atom. The van der Waals surface area contributed by atoms with Crippen molar-refractivity contribution < 1.29 is 9.63 Å². The maximum absolute atomic E-state index is 12.3. The SMILES string of the molecule is O=C(NOC1CCCC1)c1ccccc1NCc1ccncc1. The van der Waals surface area contributed by atoms with Crippen LogP contribution in [0.1, 0.15) is 41.6 Å². The molecule has 5 nitrogen and oxygen atoms in total. The van der Waals surface area contributed by atoms with E-state index in [2.05, 4.69) is 15.8 Å². The molecular weight excluding hydrogens is 290 g/mol. The minimum absolute atomic E-state index is 0.149. The van der Waals surface area contributed by atoms with E-state index in [1.165, 1.54) is 12.8 Å². The number of benzene rings is 1. The molecule has 1 aliphatic carbocycles. The highest BCUT2D eigenvalue weighted by molar-refractivity contribution is 5.99. The minimum atomic E-state index is -0.213. The second-order valence-corrected chi connectivity index (χ2v) is 5.71. The van der Waals surface area contributed by atoms with Gasteiger partial charge in [-0.3, -0.25) is 14.6 Å². The molecular formula is C18H21N3O2. The number of nitrogens with one attached hydrogen (secondary N) is 2. The van der Waals surface area contributed by atoms with Crippen molar-refractivity contribution in [2.75, 3.05) is 5.32 Å². The first-order valence-corrected chi connectivity index (χ1v) is 8.01. The van der Waals surface area contributed by atoms with E-state index >= 15 is 0 Å². The number of amides is 1. The molecule has 1 fully saturated rings. The molecule has 2 aromatic rings. The molecule has 120 valence electrons. The van der Waals surface area contributed by atoms with E-state index in [0.29, 0.717) is 12.1 Å². The van der Waals surface area contributed by atoms with Gasteiger partial charge in [-0.25, -0.2) is 5.48 Å². The normalized spacial score (nSPS) is 14.6. The summed E-state index contributed by atoms with van der Waals surface area (Å²) < 4.78 is 0. The van der Waals surface area contributed by atoms with Crippen LogP contribution in [0, 0.1) is 0 Å². The molecule has 1 aliphatic rings. The second kappa shape index (κ2) is 7.74. The van der Waals surface area contributed by atoms with E-state index < -0.39 is 0 Å². The average molecular weight is 311 g/mol. The highest BCUT2D eigenvalue weighted by atomic mass is 16.7. The molecule has 0 saturated heterocycles. The van der Waals surface area contributed by atoms with Gasteiger partial charge in [0.1, 0.15) is 0 Å². The van der Waals surface area contributed by atoms with Crippen molar-refractivity contribution in [1.82, 2.24) is 10.5 Å². The molecule has 23 heavy (non-hydrogen) atoms. The Morgan fingerprint density at radius 1 is 1.13 bits per heavy atom. The number of hydrogen-bond acceptors (Lipinski definition) is 4. The van der Waals surface area contributed by atoms with Gasteiger partial charge < -0.3 is 5.32 Å². The molecule has 0 atom stereocenters. The Labute approximate surface area is 136 Å². The fraction of sp³-hybridized carbons (Fsp3) is 0.333. The molecule has 0 bridgehead atoms. The Kier molecular flexibility index (Phi) is 5.21. The number of hydroxylamine groups is 1. The molecule has 2 N–H and O–H groups in total. The van der Waals surface area contributed by atoms with Crippen LogP contribution in [-0.4, -0.2) is 17.0 Å². The van der Waals surface area contributed by atoms with Gasteiger partial charge in [0.2, 0.25) is 0 Å². The van der Waals surface area contributed by atoms with Gasteiger partial charge in [-0.1, -0.05) is 25.0 Å². The molecule has 0 radical (unpaired) electrons. The number of anilines is 1. The summed E-state index contributed by atoms with van der Waals surface area (Å²) in [7, 11) is 0. The quantitative estimate of drug-likeness (QED) is 0.804. The first-order valence-electron chi connectivity index (χ1n) is 8.01. The van der Waals surface area contributed by atoms with Crippen LogP contribution >= 0.6 is 0 Å². The molecule has 1 heterocycles. The van der Waals surface area contributed by atoms with E-state index in [-0.39, 0.29) is 12.0 Å². The van der Waals surface area contributed by atoms with Crippen molar-refractivity contribution in [2.45, 2.75) is 38.3 Å². The van der Waals surface area contributed by atoms with E-state index in [4.69, 9.17) is 4.84 Å². The number of hydrogen-bond donors (Lipinski definition) is 2. The van der Waals surface area contributed by atoms with E-state index in [9.17, 15) is 4.79 Å². The molecule has 1 saturated carbocycles. The summed E-state index contributed by atoms with van der Waals surface area (Å²) in [5, 5.41) is 3.29. The third kappa shape index (κ3) is 4.29. The summed E-state index contributed by atoms with van der Waals surface area (Å²) >= 11 is 0. The largest absolute Gasteiger partial charge is 0.380 e. The van der Waals surface area contributed by atoms with Gasteiger partial charge >= 0.3 is 0 Å². The van der Waals surface area contributed by atoms with Gasteiger partial charge in [-0.15, -0.1) is 0 Å². The molecule has 1 amide bonds. The Bertz CT molecular complexity index is 640. The standard InChI is InChI=1S/C18H21N3O2/c22-18(21-23-15-5-1-2-6-15)16-7-3-4-8-17(16)20-13-14-9-11-19-12-10-14/h3-4,7-12,15,20H,1-2,5-6,13H2,(H,21,22). The number of rotatable bonds is 6. The summed E-state index contributed by atoms with van der Waals surface area (Å²) in [5.74, 6) is -0.213. The van der Waals surface area contributed by atoms with Crippen LogP contribution in [0.3, 0.4) is 0 Å². The summed E-state index contributed by atoms with van der Waals surface area (Å²) in [6, 6.07) is 11.3. The van der Waals surface area contributed by atoms with E-state index in [1.54, 1.807) is 18.5 Å². The van der Waals surface area contributed by atoms with Crippen molar-refractivity contribution in [3.63, 3.8) is 0 Å². The third-order valence-corrected chi connectivity index (χ3v) is 4.02. The van der Waals surface area contributed by atoms with Crippen LogP contribution in [0.25, 0.3) is 0 Å². The van der Waals surface area contributed by atoms with Crippen LogP contribution < -0.4 is 10.8 Å². The summed E-state index contributed by atoms with van der Waals surface area (Å²) in [6.07, 6.45) is 8.03. The lowest BCUT2D eigenvalue weighted by Crippen LogP contribution is -2.28. The molecule has 5 heteroatoms. The number of carbonyl (C=O) groups is 1. The Balaban J connectivity index is 1.61. The van der Waals surface area contributed by atoms with Gasteiger partial charge in [-0.2, -0.15) is 0 Å². The molecule has 1 aromatic carbocycles. The summed E-state index contributed by atoms with van der Waals surface area (Å²) in [6.45, 7) is 0.635. The number of nitrogens with zero attached hydrogens (tertiary/aromatic N) is 1. The number of aromatic nitrogens is 1. The highest BCUT2D eigenvalue weighted by Crippen LogP contribution is 2.21. The first kappa shape index (κ1) is 15.5. The second-order valence-electron chi connectivity index (χ2n) is 5.71. The predicted molar refractivity (Wildman–Crippen MR) is 88.8 cm³/mol. The summed E-state index contributed by atoms with van der Waals surface area (Å²) in [5.41, 5.74) is 5.07. The van der Waals surface area contributed by atoms with E-state index in [0.717, 1.165) is 24.1 Å². The predicted octanol–water partition coefficient (Wildman–Crippen LogP) is 3.30. The molecule has 1 aromatic heterocycles. The fourth-order valence-electron chi connectivity index (χ4n) is 2.73. The first-order chi connectivity index (χ1) is 11.3. The minimum Gasteiger partial charge on any atom is -0.380 e. The lowest BCUT2D eigenvalue weighted by Gasteiger charge is -2.14. The maximum atomic E-state index is 12.3. The Hall–Kier alpha value is -2.40. The zero-order valence-electron chi connectivity index (χ0n) is 13.0. The molecule has 0 spiro atoms. The van der Waals surface area contributed by atoms with Crippen LogP contribution in [-0.2, 0) is 11.4 Å². The van der Waals surface area contributed by atoms with Crippen LogP contribution in [0.15, 0.2) is 48.8 Å². The molecule has 0 aliphatic heterocycles. The summed E-state index contributed by atoms with van der Waals surface area (Å²) in [4.78, 5) is 21.8. The smallest absolute Gasteiger partial charge is 0.276 e. The van der Waals surface area contributed by atoms with Crippen molar-refractivity contribution >= 4 is 11.6 Å². The van der Waals surface area contributed by atoms with E-state index in [1.807, 2.05) is 30.3 Å². The molecule has 0 unspecified atom stereocenters. The monoisotopic (exact) mass is 311 g/mol. The Morgan fingerprint density at radius 2 is 1.87 bits per heavy atom. The van der Waals surface area contributed by atoms with Crippen molar-refractivity contribution in [3.05, 3.63) is 59.9 Å². The van der Waals surface area contributed by atoms with Gasteiger partial charge in [-0.05, 0) is 42.7 Å². The van der Waals surface area contributed by atoms with Gasteiger partial charge in [0.25, 0.3) is 5.91 Å². The van der Waals surface area contributed by atoms with Gasteiger partial charge in [0.15, 0.2) is 0 Å². The van der Waals surface area contributed by atoms with Crippen molar-refractivity contribution in [2.24, 2.45) is 0 Å². The maximum Gasteiger partial charge on any atom is 0.276 e. The highest BCUT2D eigenvalue weighted by Gasteiger charge is 2.18. The zero-order valence-corrected chi connectivity index (χ0v) is 13.0. The zero-order chi connectivity index (χ0) is 15.9. The van der Waals surface area contributed by atoms with Crippen LogP contribution in [0.2, 0.25) is 0 Å². The lowest BCUT2D eigenvalue weighted by atomic mass is 10.1. The molecule has 3 rings (SSSR count).